The molecule has 4 bridgehead atoms. The van der Waals surface area contributed by atoms with Gasteiger partial charge in [0.2, 0.25) is 0 Å². The molecule has 84 valence electrons. The standard InChI is InChI=1S/C11H18N2O2/c12-13(10(14)15)11-4-7-1-8(5-11)3-9(2-7)6-11/h7-9H,1-6,12H2,(H,14,15). The summed E-state index contributed by atoms with van der Waals surface area (Å²) in [5.74, 6) is 7.96. The molecule has 4 saturated carbocycles. The third-order valence-electron chi connectivity index (χ3n) is 4.72. The Balaban J connectivity index is 1.89. The van der Waals surface area contributed by atoms with Crippen LogP contribution in [0.3, 0.4) is 0 Å². The summed E-state index contributed by atoms with van der Waals surface area (Å²) >= 11 is 0. The molecule has 0 radical (unpaired) electrons. The Morgan fingerprint density at radius 3 is 1.87 bits per heavy atom. The zero-order chi connectivity index (χ0) is 10.6. The Kier molecular flexibility index (Phi) is 1.81. The van der Waals surface area contributed by atoms with E-state index in [1.165, 1.54) is 19.3 Å². The minimum atomic E-state index is -0.961. The lowest BCUT2D eigenvalue weighted by atomic mass is 9.53. The summed E-state index contributed by atoms with van der Waals surface area (Å²) < 4.78 is 0. The van der Waals surface area contributed by atoms with E-state index in [1.807, 2.05) is 0 Å². The van der Waals surface area contributed by atoms with Crippen LogP contribution in [-0.4, -0.2) is 21.7 Å². The topological polar surface area (TPSA) is 66.6 Å². The molecule has 4 heteroatoms. The van der Waals surface area contributed by atoms with Crippen LogP contribution in [-0.2, 0) is 0 Å². The normalized spacial score (nSPS) is 46.9. The summed E-state index contributed by atoms with van der Waals surface area (Å²) in [5.41, 5.74) is -0.208. The molecule has 15 heavy (non-hydrogen) atoms. The lowest BCUT2D eigenvalue weighted by Crippen LogP contribution is -2.63. The minimum absolute atomic E-state index is 0.208. The molecule has 4 rings (SSSR count). The van der Waals surface area contributed by atoms with Gasteiger partial charge in [0.05, 0.1) is 5.54 Å². The summed E-state index contributed by atoms with van der Waals surface area (Å²) in [4.78, 5) is 11.0. The highest BCUT2D eigenvalue weighted by Gasteiger charge is 2.54. The maximum Gasteiger partial charge on any atom is 0.422 e. The fourth-order valence-corrected chi connectivity index (χ4v) is 4.56. The van der Waals surface area contributed by atoms with Crippen molar-refractivity contribution in [2.75, 3.05) is 0 Å². The van der Waals surface area contributed by atoms with E-state index < -0.39 is 6.09 Å². The second-order valence-corrected chi connectivity index (χ2v) is 5.79. The predicted molar refractivity (Wildman–Crippen MR) is 55.0 cm³/mol. The molecule has 0 heterocycles. The lowest BCUT2D eigenvalue weighted by Gasteiger charge is -2.58. The largest absolute Gasteiger partial charge is 0.464 e. The molecule has 0 unspecified atom stereocenters. The summed E-state index contributed by atoms with van der Waals surface area (Å²) in [6.07, 6.45) is 5.98. The van der Waals surface area contributed by atoms with Gasteiger partial charge in [-0.05, 0) is 56.3 Å². The number of hydrogen-bond acceptors (Lipinski definition) is 2. The molecule has 4 fully saturated rings. The number of carboxylic acid groups (broad SMARTS) is 1. The average molecular weight is 210 g/mol. The Bertz CT molecular complexity index is 268. The van der Waals surface area contributed by atoms with E-state index >= 15 is 0 Å². The van der Waals surface area contributed by atoms with Gasteiger partial charge in [-0.1, -0.05) is 0 Å². The molecule has 0 aromatic carbocycles. The molecule has 0 aliphatic heterocycles. The van der Waals surface area contributed by atoms with E-state index in [-0.39, 0.29) is 5.54 Å². The van der Waals surface area contributed by atoms with Crippen LogP contribution in [0.2, 0.25) is 0 Å². The fraction of sp³-hybridized carbons (Fsp3) is 0.909. The minimum Gasteiger partial charge on any atom is -0.464 e. The van der Waals surface area contributed by atoms with Gasteiger partial charge in [-0.25, -0.2) is 15.6 Å². The van der Waals surface area contributed by atoms with Crippen LogP contribution in [0.4, 0.5) is 4.79 Å². The van der Waals surface area contributed by atoms with Crippen molar-refractivity contribution in [3.63, 3.8) is 0 Å². The molecule has 1 amide bonds. The summed E-state index contributed by atoms with van der Waals surface area (Å²) in [6, 6.07) is 0. The summed E-state index contributed by atoms with van der Waals surface area (Å²) in [7, 11) is 0. The highest BCUT2D eigenvalue weighted by Crippen LogP contribution is 2.57. The molecule has 0 saturated heterocycles. The summed E-state index contributed by atoms with van der Waals surface area (Å²) in [6.45, 7) is 0. The van der Waals surface area contributed by atoms with Crippen LogP contribution in [0.15, 0.2) is 0 Å². The number of rotatable bonds is 1. The van der Waals surface area contributed by atoms with Crippen molar-refractivity contribution >= 4 is 6.09 Å². The third kappa shape index (κ3) is 1.27. The smallest absolute Gasteiger partial charge is 0.422 e. The van der Waals surface area contributed by atoms with Gasteiger partial charge in [0.1, 0.15) is 0 Å². The number of nitrogens with two attached hydrogens (primary N) is 1. The molecule has 4 nitrogen and oxygen atoms in total. The molecule has 0 spiro atoms. The third-order valence-corrected chi connectivity index (χ3v) is 4.72. The number of hydrogen-bond donors (Lipinski definition) is 2. The zero-order valence-electron chi connectivity index (χ0n) is 8.85. The molecule has 3 N–H and O–H groups in total. The fourth-order valence-electron chi connectivity index (χ4n) is 4.56. The van der Waals surface area contributed by atoms with Crippen LogP contribution in [0.25, 0.3) is 0 Å². The van der Waals surface area contributed by atoms with Gasteiger partial charge < -0.3 is 5.11 Å². The number of amides is 1. The predicted octanol–water partition coefficient (Wildman–Crippen LogP) is 1.81. The maximum absolute atomic E-state index is 11.0. The Labute approximate surface area is 89.4 Å². The highest BCUT2D eigenvalue weighted by molar-refractivity contribution is 5.65. The van der Waals surface area contributed by atoms with Crippen molar-refractivity contribution in [1.29, 1.82) is 0 Å². The van der Waals surface area contributed by atoms with Gasteiger partial charge in [-0.3, -0.25) is 0 Å². The quantitative estimate of drug-likeness (QED) is 0.394. The molecule has 4 aliphatic rings. The number of hydrazine groups is 1. The summed E-state index contributed by atoms with van der Waals surface area (Å²) in [5, 5.41) is 10.2. The first-order valence-corrected chi connectivity index (χ1v) is 5.87. The monoisotopic (exact) mass is 210 g/mol. The molecular formula is C11H18N2O2. The van der Waals surface area contributed by atoms with Crippen molar-refractivity contribution in [2.24, 2.45) is 23.6 Å². The van der Waals surface area contributed by atoms with Crippen molar-refractivity contribution in [3.05, 3.63) is 0 Å². The van der Waals surface area contributed by atoms with Crippen LogP contribution < -0.4 is 5.84 Å². The van der Waals surface area contributed by atoms with Gasteiger partial charge >= 0.3 is 6.09 Å². The second kappa shape index (κ2) is 2.88. The first-order valence-electron chi connectivity index (χ1n) is 5.87. The van der Waals surface area contributed by atoms with Crippen molar-refractivity contribution < 1.29 is 9.90 Å². The van der Waals surface area contributed by atoms with E-state index in [0.29, 0.717) is 0 Å². The number of nitrogens with zero attached hydrogens (tertiary/aromatic N) is 1. The van der Waals surface area contributed by atoms with E-state index in [4.69, 9.17) is 10.9 Å². The van der Waals surface area contributed by atoms with E-state index in [0.717, 1.165) is 42.0 Å². The molecule has 0 atom stereocenters. The molecular weight excluding hydrogens is 192 g/mol. The maximum atomic E-state index is 11.0. The average Bonchev–Trinajstić information content (AvgIpc) is 2.14. The van der Waals surface area contributed by atoms with E-state index in [9.17, 15) is 4.79 Å². The molecule has 0 aromatic rings. The van der Waals surface area contributed by atoms with Crippen molar-refractivity contribution in [1.82, 2.24) is 5.01 Å². The second-order valence-electron chi connectivity index (χ2n) is 5.79. The van der Waals surface area contributed by atoms with Crippen LogP contribution >= 0.6 is 0 Å². The lowest BCUT2D eigenvalue weighted by molar-refractivity contribution is -0.0781. The zero-order valence-corrected chi connectivity index (χ0v) is 8.85. The first-order chi connectivity index (χ1) is 7.09. The Morgan fingerprint density at radius 2 is 1.53 bits per heavy atom. The number of carbonyl (C=O) groups is 1. The molecule has 0 aromatic heterocycles. The van der Waals surface area contributed by atoms with Gasteiger partial charge in [-0.2, -0.15) is 0 Å². The van der Waals surface area contributed by atoms with Gasteiger partial charge in [0.15, 0.2) is 0 Å². The van der Waals surface area contributed by atoms with Crippen molar-refractivity contribution in [3.8, 4) is 0 Å². The molecule has 4 aliphatic carbocycles. The van der Waals surface area contributed by atoms with Crippen molar-refractivity contribution in [2.45, 2.75) is 44.1 Å². The highest BCUT2D eigenvalue weighted by atomic mass is 16.4. The first kappa shape index (κ1) is 9.46. The van der Waals surface area contributed by atoms with Gasteiger partial charge in [0, 0.05) is 0 Å². The van der Waals surface area contributed by atoms with Crippen LogP contribution in [0.5, 0.6) is 0 Å². The van der Waals surface area contributed by atoms with Gasteiger partial charge in [0.25, 0.3) is 0 Å². The van der Waals surface area contributed by atoms with Crippen LogP contribution in [0.1, 0.15) is 38.5 Å². The Hall–Kier alpha value is -0.770. The Morgan fingerprint density at radius 1 is 1.13 bits per heavy atom. The van der Waals surface area contributed by atoms with Crippen LogP contribution in [0, 0.1) is 17.8 Å². The van der Waals surface area contributed by atoms with E-state index in [2.05, 4.69) is 0 Å². The SMILES string of the molecule is NN(C(=O)O)C12CC3CC(CC(C3)C1)C2. The van der Waals surface area contributed by atoms with E-state index in [1.54, 1.807) is 0 Å². The van der Waals surface area contributed by atoms with Gasteiger partial charge in [-0.15, -0.1) is 0 Å².